The van der Waals surface area contributed by atoms with Crippen molar-refractivity contribution in [2.45, 2.75) is 19.9 Å². The van der Waals surface area contributed by atoms with Crippen molar-refractivity contribution in [3.63, 3.8) is 0 Å². The maximum absolute atomic E-state index is 5.42. The van der Waals surface area contributed by atoms with E-state index in [0.29, 0.717) is 6.04 Å². The molecule has 0 aromatic rings. The zero-order valence-corrected chi connectivity index (χ0v) is 5.78. The van der Waals surface area contributed by atoms with Crippen LogP contribution in [0.25, 0.3) is 0 Å². The van der Waals surface area contributed by atoms with Crippen molar-refractivity contribution < 1.29 is 0 Å². The summed E-state index contributed by atoms with van der Waals surface area (Å²) < 4.78 is 0. The molecule has 0 rings (SSSR count). The Labute approximate surface area is 51.2 Å². The minimum Gasteiger partial charge on any atom is -0.344 e. The van der Waals surface area contributed by atoms with Gasteiger partial charge in [0, 0.05) is 12.6 Å². The summed E-state index contributed by atoms with van der Waals surface area (Å²) in [6.45, 7) is 6.00. The van der Waals surface area contributed by atoms with Gasteiger partial charge < -0.3 is 17.2 Å². The second-order valence-electron chi connectivity index (χ2n) is 1.78. The normalized spacial score (nSPS) is 12.4. The van der Waals surface area contributed by atoms with Gasteiger partial charge in [0.1, 0.15) is 0 Å². The molecule has 0 bridgehead atoms. The molecule has 0 heterocycles. The summed E-state index contributed by atoms with van der Waals surface area (Å²) in [6, 6.07) is 0.292. The Morgan fingerprint density at radius 1 is 1.62 bits per heavy atom. The molecule has 0 aromatic carbocycles. The van der Waals surface area contributed by atoms with Gasteiger partial charge in [0.15, 0.2) is 0 Å². The van der Waals surface area contributed by atoms with E-state index in [9.17, 15) is 0 Å². The Morgan fingerprint density at radius 3 is 2.25 bits per heavy atom. The smallest absolute Gasteiger partial charge is 0.0136 e. The molecule has 8 heavy (non-hydrogen) atoms. The minimum absolute atomic E-state index is 0. The predicted octanol–water partition coefficient (Wildman–Crippen LogP) is 0.105. The lowest BCUT2D eigenvalue weighted by Gasteiger charge is -2.02. The average Bonchev–Trinajstić information content (AvgIpc) is 1.61. The van der Waals surface area contributed by atoms with Crippen LogP contribution in [0, 0.1) is 0 Å². The summed E-state index contributed by atoms with van der Waals surface area (Å²) in [5.41, 5.74) is 5.42. The minimum atomic E-state index is 0. The fraction of sp³-hybridized carbons (Fsp3) is 1.00. The van der Waals surface area contributed by atoms with Crippen LogP contribution in [0.3, 0.4) is 0 Å². The molecule has 0 aliphatic heterocycles. The molecule has 0 aliphatic rings. The first-order chi connectivity index (χ1) is 3.27. The molecule has 0 saturated carbocycles. The zero-order valence-electron chi connectivity index (χ0n) is 5.78. The molecule has 52 valence electrons. The molecule has 0 fully saturated rings. The van der Waals surface area contributed by atoms with Gasteiger partial charge in [0.25, 0.3) is 0 Å². The number of hydrogen-bond donors (Lipinski definition) is 3. The van der Waals surface area contributed by atoms with E-state index in [-0.39, 0.29) is 6.15 Å². The molecule has 0 saturated heterocycles. The molecule has 3 nitrogen and oxygen atoms in total. The van der Waals surface area contributed by atoms with Crippen molar-refractivity contribution in [1.82, 2.24) is 11.5 Å². The van der Waals surface area contributed by atoms with Crippen molar-refractivity contribution in [3.8, 4) is 0 Å². The Bertz CT molecular complexity index is 36.7. The highest BCUT2D eigenvalue weighted by Gasteiger charge is 1.86. The third kappa shape index (κ3) is 9.30. The third-order valence-corrected chi connectivity index (χ3v) is 0.716. The fourth-order valence-electron chi connectivity index (χ4n) is 0.372. The van der Waals surface area contributed by atoms with Crippen LogP contribution >= 0.6 is 0 Å². The molecule has 0 aromatic heterocycles. The van der Waals surface area contributed by atoms with Crippen LogP contribution in [-0.4, -0.2) is 19.1 Å². The van der Waals surface area contributed by atoms with Gasteiger partial charge >= 0.3 is 0 Å². The van der Waals surface area contributed by atoms with E-state index in [0.717, 1.165) is 13.1 Å². The van der Waals surface area contributed by atoms with Crippen molar-refractivity contribution in [1.29, 1.82) is 0 Å². The predicted molar refractivity (Wildman–Crippen MR) is 37.2 cm³/mol. The Balaban J connectivity index is 0. The van der Waals surface area contributed by atoms with E-state index in [1.165, 1.54) is 0 Å². The number of nitrogens with one attached hydrogen (secondary N) is 1. The largest absolute Gasteiger partial charge is 0.344 e. The van der Waals surface area contributed by atoms with Gasteiger partial charge in [-0.05, 0) is 13.5 Å². The highest BCUT2D eigenvalue weighted by atomic mass is 14.9. The highest BCUT2D eigenvalue weighted by Crippen LogP contribution is 1.66. The molecule has 0 spiro atoms. The van der Waals surface area contributed by atoms with Crippen LogP contribution in [0.4, 0.5) is 0 Å². The highest BCUT2D eigenvalue weighted by molar-refractivity contribution is 4.54. The van der Waals surface area contributed by atoms with Crippen LogP contribution in [-0.2, 0) is 0 Å². The van der Waals surface area contributed by atoms with E-state index < -0.39 is 0 Å². The molecule has 1 unspecified atom stereocenters. The summed E-state index contributed by atoms with van der Waals surface area (Å²) in [7, 11) is 0. The molecule has 6 N–H and O–H groups in total. The van der Waals surface area contributed by atoms with Crippen LogP contribution in [0.1, 0.15) is 13.8 Å². The first-order valence-electron chi connectivity index (χ1n) is 2.73. The molecule has 0 aliphatic carbocycles. The van der Waals surface area contributed by atoms with Crippen molar-refractivity contribution in [2.75, 3.05) is 13.1 Å². The topological polar surface area (TPSA) is 73.0 Å². The second kappa shape index (κ2) is 6.88. The maximum Gasteiger partial charge on any atom is 0.0136 e. The molecular formula is C5H17N3. The Kier molecular flexibility index (Phi) is 9.28. The molecular weight excluding hydrogens is 102 g/mol. The first kappa shape index (κ1) is 10.8. The number of likely N-dealkylation sites (N-methyl/N-ethyl adjacent to an activating group) is 1. The summed E-state index contributed by atoms with van der Waals surface area (Å²) in [4.78, 5) is 0. The number of hydrogen-bond acceptors (Lipinski definition) is 3. The fourth-order valence-corrected chi connectivity index (χ4v) is 0.372. The van der Waals surface area contributed by atoms with Gasteiger partial charge in [-0.2, -0.15) is 0 Å². The number of rotatable bonds is 3. The van der Waals surface area contributed by atoms with Gasteiger partial charge in [-0.15, -0.1) is 0 Å². The Morgan fingerprint density at radius 2 is 2.12 bits per heavy atom. The summed E-state index contributed by atoms with van der Waals surface area (Å²) >= 11 is 0. The lowest BCUT2D eigenvalue weighted by atomic mass is 10.4. The lowest BCUT2D eigenvalue weighted by Crippen LogP contribution is -2.30. The molecule has 3 heteroatoms. The zero-order chi connectivity index (χ0) is 5.70. The monoisotopic (exact) mass is 119 g/mol. The van der Waals surface area contributed by atoms with Crippen molar-refractivity contribution in [2.24, 2.45) is 5.73 Å². The van der Waals surface area contributed by atoms with Crippen molar-refractivity contribution in [3.05, 3.63) is 0 Å². The van der Waals surface area contributed by atoms with Gasteiger partial charge in [0.05, 0.1) is 0 Å². The van der Waals surface area contributed by atoms with Crippen LogP contribution in [0.15, 0.2) is 0 Å². The summed E-state index contributed by atoms with van der Waals surface area (Å²) in [5.74, 6) is 0. The van der Waals surface area contributed by atoms with Crippen LogP contribution < -0.4 is 17.2 Å². The van der Waals surface area contributed by atoms with E-state index in [2.05, 4.69) is 12.2 Å². The standard InChI is InChI=1S/C5H14N2.H3N/c1-3-7-4-5(2)6;/h5,7H,3-4,6H2,1-2H3;1H3. The lowest BCUT2D eigenvalue weighted by molar-refractivity contribution is 0.627. The van der Waals surface area contributed by atoms with Gasteiger partial charge in [0.2, 0.25) is 0 Å². The molecule has 1 atom stereocenters. The average molecular weight is 119 g/mol. The molecule has 0 amide bonds. The maximum atomic E-state index is 5.42. The quantitative estimate of drug-likeness (QED) is 0.493. The second-order valence-corrected chi connectivity index (χ2v) is 1.78. The third-order valence-electron chi connectivity index (χ3n) is 0.716. The SMILES string of the molecule is CCNCC(C)N.N. The summed E-state index contributed by atoms with van der Waals surface area (Å²) in [6.07, 6.45) is 0. The van der Waals surface area contributed by atoms with E-state index >= 15 is 0 Å². The van der Waals surface area contributed by atoms with Crippen LogP contribution in [0.2, 0.25) is 0 Å². The van der Waals surface area contributed by atoms with Gasteiger partial charge in [-0.25, -0.2) is 0 Å². The van der Waals surface area contributed by atoms with E-state index in [4.69, 9.17) is 5.73 Å². The Hall–Kier alpha value is -0.120. The van der Waals surface area contributed by atoms with Crippen molar-refractivity contribution >= 4 is 0 Å². The molecule has 0 radical (unpaired) electrons. The first-order valence-corrected chi connectivity index (χ1v) is 2.73. The van der Waals surface area contributed by atoms with Crippen LogP contribution in [0.5, 0.6) is 0 Å². The van der Waals surface area contributed by atoms with E-state index in [1.807, 2.05) is 6.92 Å². The van der Waals surface area contributed by atoms with Gasteiger partial charge in [-0.1, -0.05) is 6.92 Å². The van der Waals surface area contributed by atoms with E-state index in [1.54, 1.807) is 0 Å². The summed E-state index contributed by atoms with van der Waals surface area (Å²) in [5, 5.41) is 3.12. The van der Waals surface area contributed by atoms with Gasteiger partial charge in [-0.3, -0.25) is 0 Å². The number of nitrogens with two attached hydrogens (primary N) is 1.